The molecule has 0 radical (unpaired) electrons. The molecule has 5 heteroatoms. The fourth-order valence-corrected chi connectivity index (χ4v) is 3.31. The molecule has 0 aromatic heterocycles. The fraction of sp³-hybridized carbons (Fsp3) is 0.100. The maximum Gasteiger partial charge on any atom is 0.241 e. The normalized spacial score (nSPS) is 10.9. The summed E-state index contributed by atoms with van der Waals surface area (Å²) in [5.41, 5.74) is 0. The summed E-state index contributed by atoms with van der Waals surface area (Å²) in [6, 6.07) is 22.0. The van der Waals surface area contributed by atoms with E-state index in [1.807, 2.05) is 42.5 Å². The van der Waals surface area contributed by atoms with E-state index in [0.29, 0.717) is 0 Å². The minimum Gasteiger partial charge on any atom is -0.480 e. The lowest BCUT2D eigenvalue weighted by Gasteiger charge is -2.06. The highest BCUT2D eigenvalue weighted by atomic mass is 32.2. The second kappa shape index (κ2) is 7.84. The van der Waals surface area contributed by atoms with Crippen molar-refractivity contribution in [3.63, 3.8) is 0 Å². The van der Waals surface area contributed by atoms with Crippen LogP contribution in [0.2, 0.25) is 0 Å². The average molecular weight is 351 g/mol. The van der Waals surface area contributed by atoms with Crippen LogP contribution in [0.5, 0.6) is 5.75 Å². The molecule has 0 aliphatic carbocycles. The zero-order chi connectivity index (χ0) is 17.5. The third-order valence-corrected chi connectivity index (χ3v) is 5.00. The predicted molar refractivity (Wildman–Crippen MR) is 98.8 cm³/mol. The standard InChI is InChI=1S/C20H17NO3S/c22-25(23,18-11-2-1-3-12-18)21-15-6-7-16-24-20-14-8-10-17-9-4-5-13-19(17)20/h1-5,8-14,21H,15-16H2. The quantitative estimate of drug-likeness (QED) is 0.718. The summed E-state index contributed by atoms with van der Waals surface area (Å²) in [4.78, 5) is 0.226. The van der Waals surface area contributed by atoms with Crippen molar-refractivity contribution in [2.75, 3.05) is 13.2 Å². The molecule has 0 amide bonds. The first-order valence-corrected chi connectivity index (χ1v) is 9.26. The van der Waals surface area contributed by atoms with E-state index in [-0.39, 0.29) is 18.0 Å². The molecule has 0 unspecified atom stereocenters. The number of benzene rings is 3. The van der Waals surface area contributed by atoms with Gasteiger partial charge in [-0.25, -0.2) is 8.42 Å². The lowest BCUT2D eigenvalue weighted by atomic mass is 10.1. The van der Waals surface area contributed by atoms with Crippen molar-refractivity contribution in [3.8, 4) is 17.6 Å². The van der Waals surface area contributed by atoms with Crippen LogP contribution in [0.25, 0.3) is 10.8 Å². The molecular formula is C20H17NO3S. The van der Waals surface area contributed by atoms with Crippen LogP contribution < -0.4 is 9.46 Å². The van der Waals surface area contributed by atoms with E-state index in [1.54, 1.807) is 30.3 Å². The number of hydrogen-bond acceptors (Lipinski definition) is 3. The second-order valence-corrected chi connectivity index (χ2v) is 7.02. The highest BCUT2D eigenvalue weighted by molar-refractivity contribution is 7.89. The smallest absolute Gasteiger partial charge is 0.241 e. The monoisotopic (exact) mass is 351 g/mol. The first-order valence-electron chi connectivity index (χ1n) is 7.78. The van der Waals surface area contributed by atoms with Crippen molar-refractivity contribution in [1.29, 1.82) is 0 Å². The van der Waals surface area contributed by atoms with Gasteiger partial charge in [0.2, 0.25) is 10.0 Å². The van der Waals surface area contributed by atoms with Gasteiger partial charge < -0.3 is 4.74 Å². The molecule has 0 heterocycles. The highest BCUT2D eigenvalue weighted by Gasteiger charge is 2.11. The Kier molecular flexibility index (Phi) is 5.34. The van der Waals surface area contributed by atoms with Crippen molar-refractivity contribution in [1.82, 2.24) is 4.72 Å². The largest absolute Gasteiger partial charge is 0.480 e. The van der Waals surface area contributed by atoms with Crippen molar-refractivity contribution in [3.05, 3.63) is 72.8 Å². The van der Waals surface area contributed by atoms with Gasteiger partial charge in [0.1, 0.15) is 12.4 Å². The van der Waals surface area contributed by atoms with Crippen LogP contribution in [0.15, 0.2) is 77.7 Å². The Bertz CT molecular complexity index is 1010. The molecule has 3 aromatic carbocycles. The minimum atomic E-state index is -3.52. The lowest BCUT2D eigenvalue weighted by Crippen LogP contribution is -2.23. The number of ether oxygens (including phenoxy) is 1. The molecule has 0 fully saturated rings. The summed E-state index contributed by atoms with van der Waals surface area (Å²) in [6.07, 6.45) is 0. The molecule has 0 aliphatic heterocycles. The summed E-state index contributed by atoms with van der Waals surface area (Å²) >= 11 is 0. The molecule has 0 bridgehead atoms. The maximum absolute atomic E-state index is 12.0. The Morgan fingerprint density at radius 1 is 0.840 bits per heavy atom. The van der Waals surface area contributed by atoms with Crippen molar-refractivity contribution < 1.29 is 13.2 Å². The van der Waals surface area contributed by atoms with E-state index in [0.717, 1.165) is 16.5 Å². The number of rotatable bonds is 5. The van der Waals surface area contributed by atoms with Crippen LogP contribution in [0.3, 0.4) is 0 Å². The van der Waals surface area contributed by atoms with Crippen LogP contribution >= 0.6 is 0 Å². The van der Waals surface area contributed by atoms with Gasteiger partial charge >= 0.3 is 0 Å². The Hall–Kier alpha value is -2.81. The first-order chi connectivity index (χ1) is 12.2. The van der Waals surface area contributed by atoms with Gasteiger partial charge in [0, 0.05) is 5.39 Å². The highest BCUT2D eigenvalue weighted by Crippen LogP contribution is 2.24. The van der Waals surface area contributed by atoms with Gasteiger partial charge in [0.25, 0.3) is 0 Å². The van der Waals surface area contributed by atoms with E-state index in [1.165, 1.54) is 0 Å². The predicted octanol–water partition coefficient (Wildman–Crippen LogP) is 3.20. The van der Waals surface area contributed by atoms with Gasteiger partial charge in [-0.1, -0.05) is 66.4 Å². The molecule has 25 heavy (non-hydrogen) atoms. The molecule has 3 rings (SSSR count). The Balaban J connectivity index is 1.55. The fourth-order valence-electron chi connectivity index (χ4n) is 2.36. The Labute approximate surface area is 147 Å². The molecule has 0 atom stereocenters. The van der Waals surface area contributed by atoms with Gasteiger partial charge in [-0.3, -0.25) is 0 Å². The second-order valence-electron chi connectivity index (χ2n) is 5.26. The van der Waals surface area contributed by atoms with Crippen molar-refractivity contribution >= 4 is 20.8 Å². The van der Waals surface area contributed by atoms with Crippen LogP contribution in [0, 0.1) is 11.8 Å². The number of fused-ring (bicyclic) bond motifs is 1. The maximum atomic E-state index is 12.0. The third kappa shape index (κ3) is 4.38. The van der Waals surface area contributed by atoms with Crippen LogP contribution in [0.4, 0.5) is 0 Å². The lowest BCUT2D eigenvalue weighted by molar-refractivity contribution is 0.374. The minimum absolute atomic E-state index is 0.0378. The van der Waals surface area contributed by atoms with Gasteiger partial charge in [-0.15, -0.1) is 0 Å². The van der Waals surface area contributed by atoms with Crippen LogP contribution in [-0.4, -0.2) is 21.6 Å². The summed E-state index contributed by atoms with van der Waals surface area (Å²) in [7, 11) is -3.52. The van der Waals surface area contributed by atoms with Gasteiger partial charge in [0.15, 0.2) is 0 Å². The molecule has 4 nitrogen and oxygen atoms in total. The van der Waals surface area contributed by atoms with Gasteiger partial charge in [-0.05, 0) is 23.6 Å². The molecule has 0 aliphatic rings. The van der Waals surface area contributed by atoms with E-state index in [4.69, 9.17) is 4.74 Å². The molecule has 0 saturated carbocycles. The zero-order valence-corrected chi connectivity index (χ0v) is 14.3. The molecule has 0 spiro atoms. The van der Waals surface area contributed by atoms with E-state index in [2.05, 4.69) is 16.6 Å². The number of nitrogens with one attached hydrogen (secondary N) is 1. The van der Waals surface area contributed by atoms with Gasteiger partial charge in [-0.2, -0.15) is 4.72 Å². The van der Waals surface area contributed by atoms with Crippen molar-refractivity contribution in [2.45, 2.75) is 4.90 Å². The average Bonchev–Trinajstić information content (AvgIpc) is 2.65. The van der Waals surface area contributed by atoms with Crippen molar-refractivity contribution in [2.24, 2.45) is 0 Å². The number of sulfonamides is 1. The van der Waals surface area contributed by atoms with E-state index >= 15 is 0 Å². The van der Waals surface area contributed by atoms with Crippen LogP contribution in [0.1, 0.15) is 0 Å². The zero-order valence-electron chi connectivity index (χ0n) is 13.5. The molecule has 126 valence electrons. The topological polar surface area (TPSA) is 55.4 Å². The third-order valence-electron chi connectivity index (χ3n) is 3.58. The molecular weight excluding hydrogens is 334 g/mol. The Morgan fingerprint density at radius 2 is 1.56 bits per heavy atom. The molecule has 3 aromatic rings. The summed E-state index contributed by atoms with van der Waals surface area (Å²) in [5, 5.41) is 2.13. The molecule has 1 N–H and O–H groups in total. The summed E-state index contributed by atoms with van der Waals surface area (Å²) < 4.78 is 32.2. The molecule has 0 saturated heterocycles. The Morgan fingerprint density at radius 3 is 2.40 bits per heavy atom. The van der Waals surface area contributed by atoms with E-state index < -0.39 is 10.0 Å². The number of hydrogen-bond donors (Lipinski definition) is 1. The SMILES string of the molecule is O=S(=O)(NCC#CCOc1cccc2ccccc12)c1ccccc1. The van der Waals surface area contributed by atoms with Gasteiger partial charge in [0.05, 0.1) is 11.4 Å². The first kappa shape index (κ1) is 17.0. The summed E-state index contributed by atoms with van der Waals surface area (Å²) in [5.74, 6) is 6.35. The van der Waals surface area contributed by atoms with Crippen LogP contribution in [-0.2, 0) is 10.0 Å². The summed E-state index contributed by atoms with van der Waals surface area (Å²) in [6.45, 7) is 0.233. The van der Waals surface area contributed by atoms with E-state index in [9.17, 15) is 8.42 Å².